The molecule has 1 fully saturated rings. The van der Waals surface area contributed by atoms with Crippen molar-refractivity contribution in [2.75, 3.05) is 0 Å². The van der Waals surface area contributed by atoms with Gasteiger partial charge in [-0.05, 0) is 48.8 Å². The van der Waals surface area contributed by atoms with E-state index in [9.17, 15) is 5.26 Å². The maximum absolute atomic E-state index is 9.46. The number of aromatic nitrogens is 2. The predicted molar refractivity (Wildman–Crippen MR) is 113 cm³/mol. The van der Waals surface area contributed by atoms with Crippen molar-refractivity contribution >= 4 is 11.3 Å². The minimum Gasteiger partial charge on any atom is -0.192 e. The Morgan fingerprint density at radius 2 is 2.15 bits per heavy atom. The number of nitriles is 1. The van der Waals surface area contributed by atoms with E-state index in [4.69, 9.17) is 0 Å². The Hall–Kier alpha value is -2.51. The average molecular weight is 376 g/mol. The van der Waals surface area contributed by atoms with Crippen LogP contribution < -0.4 is 0 Å². The summed E-state index contributed by atoms with van der Waals surface area (Å²) in [5.74, 6) is 0.527. The van der Waals surface area contributed by atoms with Crippen LogP contribution in [0.3, 0.4) is 0 Å². The van der Waals surface area contributed by atoms with E-state index in [2.05, 4.69) is 67.1 Å². The van der Waals surface area contributed by atoms with Crippen molar-refractivity contribution < 1.29 is 0 Å². The van der Waals surface area contributed by atoms with E-state index in [0.717, 1.165) is 52.4 Å². The first-order chi connectivity index (χ1) is 13.1. The molecule has 0 spiro atoms. The van der Waals surface area contributed by atoms with Gasteiger partial charge in [-0.3, -0.25) is 0 Å². The molecule has 1 aliphatic carbocycles. The lowest BCUT2D eigenvalue weighted by molar-refractivity contribution is 0.646. The molecular formula is C23H25N3S. The third-order valence-electron chi connectivity index (χ3n) is 4.68. The van der Waals surface area contributed by atoms with Crippen molar-refractivity contribution in [2.24, 2.45) is 5.92 Å². The molecule has 1 aliphatic rings. The maximum atomic E-state index is 9.46. The van der Waals surface area contributed by atoms with Gasteiger partial charge in [0.1, 0.15) is 10.0 Å². The highest BCUT2D eigenvalue weighted by molar-refractivity contribution is 7.14. The van der Waals surface area contributed by atoms with Gasteiger partial charge in [0, 0.05) is 12.0 Å². The zero-order valence-electron chi connectivity index (χ0n) is 16.0. The van der Waals surface area contributed by atoms with Crippen LogP contribution in [0.1, 0.15) is 49.2 Å². The van der Waals surface area contributed by atoms with Crippen molar-refractivity contribution in [3.05, 3.63) is 70.3 Å². The molecule has 3 rings (SSSR count). The fourth-order valence-electron chi connectivity index (χ4n) is 3.27. The van der Waals surface area contributed by atoms with Crippen LogP contribution in [0.15, 0.2) is 54.2 Å². The Bertz CT molecular complexity index is 925. The van der Waals surface area contributed by atoms with Crippen LogP contribution in [0.25, 0.3) is 10.6 Å². The summed E-state index contributed by atoms with van der Waals surface area (Å²) in [4.78, 5) is 0. The summed E-state index contributed by atoms with van der Waals surface area (Å²) in [6.45, 7) is 8.43. The molecule has 0 unspecified atom stereocenters. The van der Waals surface area contributed by atoms with E-state index >= 15 is 0 Å². The number of hydrogen-bond donors (Lipinski definition) is 0. The predicted octanol–water partition coefficient (Wildman–Crippen LogP) is 6.04. The Morgan fingerprint density at radius 3 is 2.85 bits per heavy atom. The Labute approximate surface area is 165 Å². The van der Waals surface area contributed by atoms with Crippen molar-refractivity contribution in [3.63, 3.8) is 0 Å². The van der Waals surface area contributed by atoms with Gasteiger partial charge in [-0.2, -0.15) is 5.26 Å². The van der Waals surface area contributed by atoms with E-state index in [0.29, 0.717) is 5.92 Å². The van der Waals surface area contributed by atoms with Crippen LogP contribution in [0.2, 0.25) is 0 Å². The molecule has 27 heavy (non-hydrogen) atoms. The molecule has 0 radical (unpaired) electrons. The number of nitrogens with zero attached hydrogens (tertiary/aromatic N) is 3. The lowest BCUT2D eigenvalue weighted by atomic mass is 9.97. The van der Waals surface area contributed by atoms with Gasteiger partial charge in [-0.25, -0.2) is 0 Å². The van der Waals surface area contributed by atoms with Crippen LogP contribution in [0, 0.1) is 17.2 Å². The zero-order chi connectivity index (χ0) is 19.2. The van der Waals surface area contributed by atoms with Gasteiger partial charge in [0.15, 0.2) is 0 Å². The second-order valence-electron chi connectivity index (χ2n) is 7.36. The Balaban J connectivity index is 1.68. The summed E-state index contributed by atoms with van der Waals surface area (Å²) in [6.07, 6.45) is 11.6. The molecule has 4 heteroatoms. The summed E-state index contributed by atoms with van der Waals surface area (Å²) in [7, 11) is 0. The number of allylic oxidation sites excluding steroid dienone is 5. The van der Waals surface area contributed by atoms with Gasteiger partial charge in [0.05, 0.1) is 11.6 Å². The number of benzene rings is 1. The second kappa shape index (κ2) is 8.92. The van der Waals surface area contributed by atoms with Gasteiger partial charge in [-0.15, -0.1) is 10.2 Å². The fourth-order valence-corrected chi connectivity index (χ4v) is 4.08. The Morgan fingerprint density at radius 1 is 1.30 bits per heavy atom. The minimum absolute atomic E-state index is 0.527. The molecule has 0 N–H and O–H groups in total. The molecule has 1 heterocycles. The Kier molecular flexibility index (Phi) is 6.36. The maximum Gasteiger partial charge on any atom is 0.147 e. The van der Waals surface area contributed by atoms with Crippen LogP contribution in [0.5, 0.6) is 0 Å². The molecule has 0 atom stereocenters. The molecule has 138 valence electrons. The molecule has 1 aromatic carbocycles. The highest BCUT2D eigenvalue weighted by Gasteiger charge is 2.11. The molecule has 0 amide bonds. The van der Waals surface area contributed by atoms with Crippen molar-refractivity contribution in [1.29, 1.82) is 5.26 Å². The van der Waals surface area contributed by atoms with Gasteiger partial charge >= 0.3 is 0 Å². The summed E-state index contributed by atoms with van der Waals surface area (Å²) in [6, 6.07) is 8.36. The summed E-state index contributed by atoms with van der Waals surface area (Å²) < 4.78 is 0. The lowest BCUT2D eigenvalue weighted by Crippen LogP contribution is -1.97. The first-order valence-corrected chi connectivity index (χ1v) is 10.3. The molecule has 0 bridgehead atoms. The molecule has 1 aromatic heterocycles. The molecule has 2 aromatic rings. The first-order valence-electron chi connectivity index (χ1n) is 9.46. The summed E-state index contributed by atoms with van der Waals surface area (Å²) in [5.41, 5.74) is 5.45. The summed E-state index contributed by atoms with van der Waals surface area (Å²) >= 11 is 1.59. The molecule has 1 saturated carbocycles. The minimum atomic E-state index is 0.527. The van der Waals surface area contributed by atoms with Crippen molar-refractivity contribution in [2.45, 2.75) is 46.0 Å². The molecule has 0 aliphatic heterocycles. The summed E-state index contributed by atoms with van der Waals surface area (Å²) in [5, 5.41) is 19.9. The molecular weight excluding hydrogens is 350 g/mol. The lowest BCUT2D eigenvalue weighted by Gasteiger charge is -2.07. The molecule has 3 nitrogen and oxygen atoms in total. The quantitative estimate of drug-likeness (QED) is 0.618. The molecule has 0 saturated heterocycles. The standard InChI is InChI=1S/C23H25N3S/c1-16(2)13-19-11-12-20(14-21(19)15-24)23-26-25-22(27-23)10-5-4-8-18-9-6-7-17(18)3/h4-5,8,11-12,14,16H,3,6-7,9-10,13H2,1-2H3/b5-4-,18-8-. The third kappa shape index (κ3) is 5.02. The highest BCUT2D eigenvalue weighted by atomic mass is 32.1. The van der Waals surface area contributed by atoms with E-state index in [1.165, 1.54) is 17.6 Å². The van der Waals surface area contributed by atoms with Gasteiger partial charge in [-0.1, -0.05) is 67.7 Å². The van der Waals surface area contributed by atoms with E-state index in [1.54, 1.807) is 11.3 Å². The van der Waals surface area contributed by atoms with Crippen LogP contribution >= 0.6 is 11.3 Å². The van der Waals surface area contributed by atoms with Gasteiger partial charge in [0.25, 0.3) is 0 Å². The zero-order valence-corrected chi connectivity index (χ0v) is 16.9. The topological polar surface area (TPSA) is 49.6 Å². The smallest absolute Gasteiger partial charge is 0.147 e. The van der Waals surface area contributed by atoms with Crippen molar-refractivity contribution in [1.82, 2.24) is 10.2 Å². The van der Waals surface area contributed by atoms with Gasteiger partial charge in [0.2, 0.25) is 0 Å². The SMILES string of the molecule is C=C1CCC/C1=C/C=C\Cc1nnc(-c2ccc(CC(C)C)c(C#N)c2)s1. The highest BCUT2D eigenvalue weighted by Crippen LogP contribution is 2.29. The van der Waals surface area contributed by atoms with E-state index < -0.39 is 0 Å². The number of hydrogen-bond acceptors (Lipinski definition) is 4. The largest absolute Gasteiger partial charge is 0.192 e. The second-order valence-corrected chi connectivity index (χ2v) is 8.43. The van der Waals surface area contributed by atoms with Crippen molar-refractivity contribution in [3.8, 4) is 16.6 Å². The van der Waals surface area contributed by atoms with E-state index in [1.807, 2.05) is 6.07 Å². The fraction of sp³-hybridized carbons (Fsp3) is 0.348. The monoisotopic (exact) mass is 375 g/mol. The first kappa shape index (κ1) is 19.3. The van der Waals surface area contributed by atoms with Gasteiger partial charge < -0.3 is 0 Å². The average Bonchev–Trinajstić information content (AvgIpc) is 3.28. The third-order valence-corrected chi connectivity index (χ3v) is 5.67. The van der Waals surface area contributed by atoms with E-state index in [-0.39, 0.29) is 0 Å². The van der Waals surface area contributed by atoms with Crippen LogP contribution in [-0.4, -0.2) is 10.2 Å². The normalized spacial score (nSPS) is 15.9. The number of rotatable bonds is 6. The van der Waals surface area contributed by atoms with Crippen LogP contribution in [0.4, 0.5) is 0 Å². The van der Waals surface area contributed by atoms with Crippen LogP contribution in [-0.2, 0) is 12.8 Å².